The third-order valence-electron chi connectivity index (χ3n) is 9.34. The van der Waals surface area contributed by atoms with Gasteiger partial charge in [0.25, 0.3) is 0 Å². The molecular weight excluding hydrogens is 729 g/mol. The zero-order valence-corrected chi connectivity index (χ0v) is 30.6. The van der Waals surface area contributed by atoms with E-state index < -0.39 is 53.5 Å². The fraction of sp³-hybridized carbons (Fsp3) is 0.410. The van der Waals surface area contributed by atoms with Crippen molar-refractivity contribution in [3.05, 3.63) is 83.2 Å². The number of nitrogens with one attached hydrogen (secondary N) is 4. The summed E-state index contributed by atoms with van der Waals surface area (Å²) in [5.41, 5.74) is 2.06. The third-order valence-corrected chi connectivity index (χ3v) is 9.34. The molecule has 1 aliphatic carbocycles. The van der Waals surface area contributed by atoms with E-state index in [1.807, 2.05) is 17.1 Å². The molecule has 4 aromatic rings. The van der Waals surface area contributed by atoms with Crippen LogP contribution < -0.4 is 16.0 Å². The van der Waals surface area contributed by atoms with E-state index in [0.717, 1.165) is 11.1 Å². The van der Waals surface area contributed by atoms with Crippen molar-refractivity contribution >= 4 is 40.6 Å². The van der Waals surface area contributed by atoms with Crippen LogP contribution in [0.25, 0.3) is 22.2 Å². The van der Waals surface area contributed by atoms with Crippen molar-refractivity contribution in [2.24, 2.45) is 11.8 Å². The minimum absolute atomic E-state index is 0.0150. The van der Waals surface area contributed by atoms with Crippen LogP contribution in [0.3, 0.4) is 0 Å². The normalized spacial score (nSPS) is 17.0. The average molecular weight is 772 g/mol. The highest BCUT2D eigenvalue weighted by molar-refractivity contribution is 5.99. The number of fused-ring (bicyclic) bond motifs is 1. The first-order chi connectivity index (χ1) is 25.7. The molecule has 1 saturated carbocycles. The Kier molecular flexibility index (Phi) is 11.9. The fourth-order valence-electron chi connectivity index (χ4n) is 6.49. The Bertz CT molecular complexity index is 2070. The number of carboxylic acids is 1. The Labute approximate surface area is 313 Å². The number of rotatable bonds is 11. The molecule has 5 N–H and O–H groups in total. The Morgan fingerprint density at radius 2 is 1.65 bits per heavy atom. The fourth-order valence-corrected chi connectivity index (χ4v) is 6.49. The lowest BCUT2D eigenvalue weighted by Crippen LogP contribution is -2.48. The number of alkyl carbamates (subject to hydrolysis) is 1. The zero-order chi connectivity index (χ0) is 40.3. The summed E-state index contributed by atoms with van der Waals surface area (Å²) in [5.74, 6) is -9.22. The first-order valence-electron chi connectivity index (χ1n) is 17.7. The number of anilines is 1. The van der Waals surface area contributed by atoms with Crippen LogP contribution in [0.4, 0.5) is 32.4 Å². The predicted molar refractivity (Wildman–Crippen MR) is 194 cm³/mol. The van der Waals surface area contributed by atoms with E-state index in [4.69, 9.17) is 4.74 Å². The third kappa shape index (κ3) is 10.2. The van der Waals surface area contributed by atoms with E-state index in [-0.39, 0.29) is 40.5 Å². The van der Waals surface area contributed by atoms with Crippen LogP contribution in [0, 0.1) is 18.8 Å². The van der Waals surface area contributed by atoms with E-state index in [9.17, 15) is 46.2 Å². The number of carboxylic acid groups (broad SMARTS) is 1. The molecule has 1 aromatic heterocycles. The Hall–Kier alpha value is -5.54. The van der Waals surface area contributed by atoms with Gasteiger partial charge in [0.15, 0.2) is 5.82 Å². The smallest absolute Gasteiger partial charge is 0.461 e. The molecule has 0 spiro atoms. The van der Waals surface area contributed by atoms with Crippen LogP contribution in [0.2, 0.25) is 0 Å². The highest BCUT2D eigenvalue weighted by atomic mass is 19.4. The highest BCUT2D eigenvalue weighted by Crippen LogP contribution is 2.43. The number of benzene rings is 3. The molecule has 0 saturated heterocycles. The average Bonchev–Trinajstić information content (AvgIpc) is 3.54. The topological polar surface area (TPSA) is 163 Å². The van der Waals surface area contributed by atoms with Crippen molar-refractivity contribution in [3.8, 4) is 11.1 Å². The van der Waals surface area contributed by atoms with Crippen molar-refractivity contribution in [1.82, 2.24) is 20.6 Å². The number of amides is 3. The number of aromatic amines is 1. The van der Waals surface area contributed by atoms with E-state index in [1.165, 1.54) is 24.3 Å². The van der Waals surface area contributed by atoms with Crippen LogP contribution in [0.15, 0.2) is 60.7 Å². The number of aromatic carboxylic acids is 1. The van der Waals surface area contributed by atoms with Gasteiger partial charge in [-0.1, -0.05) is 30.3 Å². The number of alkyl halides is 5. The number of carbonyl (C=O) groups excluding carboxylic acids is 3. The number of carbonyl (C=O) groups is 4. The first-order valence-corrected chi connectivity index (χ1v) is 17.7. The number of H-pyrrole nitrogens is 1. The maximum absolute atomic E-state index is 14.0. The standard InChI is InChI=1S/C39H42F5N5O6/c1-21-16-26(34(52)53)12-14-28(21)25-7-5-6-23(17-25)18-31(47-32(50)24-10-8-22(9-11-24)20-45-36(54)55-37(2,3)4)33(51)46-27-13-15-29-30(19-27)49-35(48-29)38(40,41)39(42,43)44/h5-7,12-17,19,22,24,31H,8-11,18,20H2,1-4H3,(H,45,54)(H,46,51)(H,47,50)(H,48,49)(H,52,53)/t22?,24?,31-/m0/s1. The summed E-state index contributed by atoms with van der Waals surface area (Å²) in [6.45, 7) is 7.46. The molecule has 1 aliphatic rings. The summed E-state index contributed by atoms with van der Waals surface area (Å²) < 4.78 is 72.2. The zero-order valence-electron chi connectivity index (χ0n) is 30.6. The molecule has 0 radical (unpaired) electrons. The number of nitrogens with zero attached hydrogens (tertiary/aromatic N) is 1. The lowest BCUT2D eigenvalue weighted by atomic mass is 9.81. The quantitative estimate of drug-likeness (QED) is 0.0969. The van der Waals surface area contributed by atoms with Gasteiger partial charge in [-0.25, -0.2) is 14.6 Å². The summed E-state index contributed by atoms with van der Waals surface area (Å²) in [6.07, 6.45) is -4.09. The molecule has 1 fully saturated rings. The van der Waals surface area contributed by atoms with Crippen LogP contribution in [-0.2, 0) is 26.7 Å². The molecule has 3 amide bonds. The van der Waals surface area contributed by atoms with Crippen LogP contribution in [-0.4, -0.2) is 63.3 Å². The Balaban J connectivity index is 1.33. The largest absolute Gasteiger partial charge is 0.478 e. The van der Waals surface area contributed by atoms with Crippen molar-refractivity contribution in [1.29, 1.82) is 0 Å². The van der Waals surface area contributed by atoms with Crippen molar-refractivity contribution in [2.75, 3.05) is 11.9 Å². The molecule has 16 heteroatoms. The molecule has 55 heavy (non-hydrogen) atoms. The van der Waals surface area contributed by atoms with Crippen LogP contribution >= 0.6 is 0 Å². The van der Waals surface area contributed by atoms with Gasteiger partial charge in [0.05, 0.1) is 16.6 Å². The SMILES string of the molecule is Cc1cc(C(=O)O)ccc1-c1cccc(C[C@H](NC(=O)C2CCC(CNC(=O)OC(C)(C)C)CC2)C(=O)Nc2ccc3nc(C(F)(F)C(F)(F)F)[nH]c3c2)c1. The van der Waals surface area contributed by atoms with E-state index in [2.05, 4.69) is 20.9 Å². The monoisotopic (exact) mass is 771 g/mol. The van der Waals surface area contributed by atoms with Gasteiger partial charge in [-0.3, -0.25) is 9.59 Å². The second-order valence-corrected chi connectivity index (χ2v) is 14.8. The minimum atomic E-state index is -5.88. The lowest BCUT2D eigenvalue weighted by molar-refractivity contribution is -0.292. The lowest BCUT2D eigenvalue weighted by Gasteiger charge is -2.29. The minimum Gasteiger partial charge on any atom is -0.478 e. The molecule has 0 unspecified atom stereocenters. The summed E-state index contributed by atoms with van der Waals surface area (Å²) >= 11 is 0. The molecule has 0 aliphatic heterocycles. The molecule has 1 atom stereocenters. The molecule has 5 rings (SSSR count). The molecule has 11 nitrogen and oxygen atoms in total. The summed E-state index contributed by atoms with van der Waals surface area (Å²) in [4.78, 5) is 56.5. The van der Waals surface area contributed by atoms with Crippen molar-refractivity contribution < 1.29 is 51.0 Å². The number of aryl methyl sites for hydroxylation is 1. The highest BCUT2D eigenvalue weighted by Gasteiger charge is 2.61. The molecule has 0 bridgehead atoms. The van der Waals surface area contributed by atoms with E-state index >= 15 is 0 Å². The number of hydrogen-bond donors (Lipinski definition) is 5. The van der Waals surface area contributed by atoms with Gasteiger partial charge >= 0.3 is 24.2 Å². The van der Waals surface area contributed by atoms with Crippen molar-refractivity contribution in [3.63, 3.8) is 0 Å². The maximum atomic E-state index is 14.0. The summed E-state index contributed by atoms with van der Waals surface area (Å²) in [5, 5.41) is 17.7. The number of halogens is 5. The predicted octanol–water partition coefficient (Wildman–Crippen LogP) is 7.89. The van der Waals surface area contributed by atoms with E-state index in [1.54, 1.807) is 52.0 Å². The maximum Gasteiger partial charge on any atom is 0.461 e. The van der Waals surface area contributed by atoms with Gasteiger partial charge in [0.2, 0.25) is 11.8 Å². The number of aromatic nitrogens is 2. The van der Waals surface area contributed by atoms with Gasteiger partial charge in [0.1, 0.15) is 11.6 Å². The Morgan fingerprint density at radius 3 is 2.29 bits per heavy atom. The second kappa shape index (κ2) is 16.1. The first kappa shape index (κ1) is 40.6. The number of hydrogen-bond acceptors (Lipinski definition) is 6. The number of imidazole rings is 1. The molecule has 3 aromatic carbocycles. The second-order valence-electron chi connectivity index (χ2n) is 14.8. The van der Waals surface area contributed by atoms with Gasteiger partial charge in [-0.2, -0.15) is 22.0 Å². The summed E-state index contributed by atoms with van der Waals surface area (Å²) in [6, 6.07) is 14.4. The molecular formula is C39H42F5N5O6. The van der Waals surface area contributed by atoms with Gasteiger partial charge in [-0.15, -0.1) is 0 Å². The Morgan fingerprint density at radius 1 is 0.945 bits per heavy atom. The van der Waals surface area contributed by atoms with Crippen LogP contribution in [0.1, 0.15) is 73.8 Å². The van der Waals surface area contributed by atoms with Gasteiger partial charge in [-0.05, 0) is 112 Å². The summed E-state index contributed by atoms with van der Waals surface area (Å²) in [7, 11) is 0. The van der Waals surface area contributed by atoms with E-state index in [0.29, 0.717) is 43.4 Å². The van der Waals surface area contributed by atoms with Crippen molar-refractivity contribution in [2.45, 2.75) is 83.5 Å². The molecule has 1 heterocycles. The number of ether oxygens (including phenoxy) is 1. The molecule has 294 valence electrons. The van der Waals surface area contributed by atoms with Crippen LogP contribution in [0.5, 0.6) is 0 Å². The van der Waals surface area contributed by atoms with Gasteiger partial charge in [0, 0.05) is 24.6 Å². The van der Waals surface area contributed by atoms with Gasteiger partial charge < -0.3 is 30.8 Å².